The third-order valence-corrected chi connectivity index (χ3v) is 6.30. The van der Waals surface area contributed by atoms with E-state index in [2.05, 4.69) is 44.2 Å². The van der Waals surface area contributed by atoms with E-state index in [9.17, 15) is 9.59 Å². The zero-order valence-corrected chi connectivity index (χ0v) is 19.2. The van der Waals surface area contributed by atoms with Gasteiger partial charge in [-0.2, -0.15) is 5.10 Å². The lowest BCUT2D eigenvalue weighted by Crippen LogP contribution is -2.43. The van der Waals surface area contributed by atoms with Gasteiger partial charge < -0.3 is 10.6 Å². The van der Waals surface area contributed by atoms with Crippen LogP contribution in [0.25, 0.3) is 17.3 Å². The molecule has 3 aromatic rings. The van der Waals surface area contributed by atoms with Gasteiger partial charge in [0.15, 0.2) is 0 Å². The molecule has 2 heterocycles. The van der Waals surface area contributed by atoms with Crippen molar-refractivity contribution in [1.82, 2.24) is 14.7 Å². The van der Waals surface area contributed by atoms with E-state index in [0.717, 1.165) is 35.2 Å². The van der Waals surface area contributed by atoms with Gasteiger partial charge in [-0.3, -0.25) is 14.3 Å². The molecule has 0 radical (unpaired) electrons. The molecule has 170 valence electrons. The maximum atomic E-state index is 12.8. The van der Waals surface area contributed by atoms with Gasteiger partial charge in [0.25, 0.3) is 0 Å². The van der Waals surface area contributed by atoms with E-state index in [1.165, 1.54) is 11.1 Å². The highest BCUT2D eigenvalue weighted by atomic mass is 16.2. The molecule has 33 heavy (non-hydrogen) atoms. The Labute approximate surface area is 194 Å². The van der Waals surface area contributed by atoms with Gasteiger partial charge in [-0.05, 0) is 55.5 Å². The fourth-order valence-corrected chi connectivity index (χ4v) is 4.20. The predicted molar refractivity (Wildman–Crippen MR) is 130 cm³/mol. The lowest BCUT2D eigenvalue weighted by Gasteiger charge is -2.30. The quantitative estimate of drug-likeness (QED) is 0.587. The molecule has 4 rings (SSSR count). The number of carbonyl (C=O) groups excluding carboxylic acids is 2. The van der Waals surface area contributed by atoms with Crippen molar-refractivity contribution in [1.29, 1.82) is 0 Å². The number of nitrogens with two attached hydrogens (primary N) is 1. The van der Waals surface area contributed by atoms with Crippen LogP contribution < -0.4 is 5.73 Å². The maximum Gasteiger partial charge on any atom is 0.246 e. The molecule has 0 saturated carbocycles. The molecule has 1 unspecified atom stereocenters. The molecule has 0 spiro atoms. The minimum atomic E-state index is -0.337. The number of nitrogens with zero attached hydrogens (tertiary/aromatic N) is 3. The average molecular weight is 443 g/mol. The van der Waals surface area contributed by atoms with Crippen molar-refractivity contribution in [3.8, 4) is 11.3 Å². The molecule has 1 aromatic heterocycles. The Balaban J connectivity index is 1.61. The van der Waals surface area contributed by atoms with Crippen molar-refractivity contribution in [2.75, 3.05) is 13.1 Å². The number of primary amides is 1. The van der Waals surface area contributed by atoms with Crippen LogP contribution in [-0.4, -0.2) is 39.6 Å². The van der Waals surface area contributed by atoms with Crippen LogP contribution in [0.5, 0.6) is 0 Å². The van der Waals surface area contributed by atoms with E-state index >= 15 is 0 Å². The third kappa shape index (κ3) is 5.40. The van der Waals surface area contributed by atoms with Crippen molar-refractivity contribution >= 4 is 17.9 Å². The predicted octanol–water partition coefficient (Wildman–Crippen LogP) is 3.95. The molecule has 1 aliphatic rings. The van der Waals surface area contributed by atoms with E-state index in [4.69, 9.17) is 10.8 Å². The Hall–Kier alpha value is -3.67. The van der Waals surface area contributed by atoms with Crippen LogP contribution >= 0.6 is 0 Å². The second-order valence-electron chi connectivity index (χ2n) is 8.77. The number of amides is 2. The SMILES string of the molecule is Cc1ccc(-c2nn(Cc3ccccc3)cc2C=CC(=O)N2CCCC(C(N)=O)C2)cc1C. The van der Waals surface area contributed by atoms with Gasteiger partial charge in [0.05, 0.1) is 18.2 Å². The summed E-state index contributed by atoms with van der Waals surface area (Å²) in [5, 5.41) is 4.85. The first kappa shape index (κ1) is 22.5. The van der Waals surface area contributed by atoms with Gasteiger partial charge >= 0.3 is 0 Å². The van der Waals surface area contributed by atoms with Crippen LogP contribution in [0.1, 0.15) is 35.1 Å². The van der Waals surface area contributed by atoms with E-state index in [0.29, 0.717) is 19.6 Å². The van der Waals surface area contributed by atoms with Crippen LogP contribution in [0.4, 0.5) is 0 Å². The molecular weight excluding hydrogens is 412 g/mol. The van der Waals surface area contributed by atoms with Gasteiger partial charge in [-0.1, -0.05) is 42.5 Å². The van der Waals surface area contributed by atoms with Gasteiger partial charge in [-0.25, -0.2) is 0 Å². The summed E-state index contributed by atoms with van der Waals surface area (Å²) >= 11 is 0. The number of hydrogen-bond acceptors (Lipinski definition) is 3. The van der Waals surface area contributed by atoms with Gasteiger partial charge in [0.1, 0.15) is 0 Å². The molecular formula is C27H30N4O2. The average Bonchev–Trinajstić information content (AvgIpc) is 3.22. The summed E-state index contributed by atoms with van der Waals surface area (Å²) in [6.07, 6.45) is 6.92. The second kappa shape index (κ2) is 9.86. The summed E-state index contributed by atoms with van der Waals surface area (Å²) in [4.78, 5) is 26.1. The largest absolute Gasteiger partial charge is 0.369 e. The molecule has 1 aliphatic heterocycles. The molecule has 2 amide bonds. The number of rotatable bonds is 6. The van der Waals surface area contributed by atoms with Crippen molar-refractivity contribution in [2.45, 2.75) is 33.2 Å². The lowest BCUT2D eigenvalue weighted by atomic mass is 9.97. The normalized spacial score (nSPS) is 16.3. The Morgan fingerprint density at radius 2 is 1.91 bits per heavy atom. The van der Waals surface area contributed by atoms with Gasteiger partial charge in [-0.15, -0.1) is 0 Å². The molecule has 0 aliphatic carbocycles. The summed E-state index contributed by atoms with van der Waals surface area (Å²) < 4.78 is 1.91. The monoisotopic (exact) mass is 442 g/mol. The lowest BCUT2D eigenvalue weighted by molar-refractivity contribution is -0.130. The Kier molecular flexibility index (Phi) is 6.73. The first-order chi connectivity index (χ1) is 15.9. The van der Waals surface area contributed by atoms with Crippen LogP contribution in [0, 0.1) is 19.8 Å². The van der Waals surface area contributed by atoms with Gasteiger partial charge in [0.2, 0.25) is 11.8 Å². The topological polar surface area (TPSA) is 81.2 Å². The summed E-state index contributed by atoms with van der Waals surface area (Å²) in [6.45, 7) is 5.85. The first-order valence-corrected chi connectivity index (χ1v) is 11.4. The number of carbonyl (C=O) groups is 2. The summed E-state index contributed by atoms with van der Waals surface area (Å²) in [5.74, 6) is -0.714. The van der Waals surface area contributed by atoms with Crippen molar-refractivity contribution in [3.63, 3.8) is 0 Å². The fourth-order valence-electron chi connectivity index (χ4n) is 4.20. The zero-order chi connectivity index (χ0) is 23.4. The van der Waals surface area contributed by atoms with Crippen LogP contribution in [0.15, 0.2) is 60.8 Å². The van der Waals surface area contributed by atoms with Crippen LogP contribution in [0.3, 0.4) is 0 Å². The van der Waals surface area contributed by atoms with Crippen molar-refractivity contribution in [3.05, 3.63) is 83.1 Å². The standard InChI is InChI=1S/C27H30N4O2/c1-19-10-11-22(15-20(19)2)26-23(18-31(29-26)16-21-7-4-3-5-8-21)12-13-25(32)30-14-6-9-24(17-30)27(28)33/h3-5,7-8,10-13,15,18,24H,6,9,14,16-17H2,1-2H3,(H2,28,33). The molecule has 0 bridgehead atoms. The highest BCUT2D eigenvalue weighted by Crippen LogP contribution is 2.26. The number of aromatic nitrogens is 2. The summed E-state index contributed by atoms with van der Waals surface area (Å²) in [5.41, 5.74) is 11.8. The third-order valence-electron chi connectivity index (χ3n) is 6.30. The fraction of sp³-hybridized carbons (Fsp3) is 0.296. The van der Waals surface area contributed by atoms with E-state index in [1.807, 2.05) is 35.2 Å². The number of piperidine rings is 1. The number of hydrogen-bond donors (Lipinski definition) is 1. The number of benzene rings is 2. The summed E-state index contributed by atoms with van der Waals surface area (Å²) in [7, 11) is 0. The number of aryl methyl sites for hydroxylation is 2. The van der Waals surface area contributed by atoms with Crippen LogP contribution in [-0.2, 0) is 16.1 Å². The molecule has 2 aromatic carbocycles. The Morgan fingerprint density at radius 1 is 1.12 bits per heavy atom. The first-order valence-electron chi connectivity index (χ1n) is 11.4. The minimum Gasteiger partial charge on any atom is -0.369 e. The van der Waals surface area contributed by atoms with Gasteiger partial charge in [0, 0.05) is 36.5 Å². The van der Waals surface area contributed by atoms with E-state index in [1.54, 1.807) is 11.0 Å². The number of likely N-dealkylation sites (tertiary alicyclic amines) is 1. The molecule has 6 nitrogen and oxygen atoms in total. The van der Waals surface area contributed by atoms with Crippen molar-refractivity contribution < 1.29 is 9.59 Å². The second-order valence-corrected chi connectivity index (χ2v) is 8.77. The van der Waals surface area contributed by atoms with Crippen LogP contribution in [0.2, 0.25) is 0 Å². The molecule has 1 saturated heterocycles. The zero-order valence-electron chi connectivity index (χ0n) is 19.2. The minimum absolute atomic E-state index is 0.109. The Morgan fingerprint density at radius 3 is 2.64 bits per heavy atom. The molecule has 6 heteroatoms. The Bertz CT molecular complexity index is 1180. The molecule has 2 N–H and O–H groups in total. The molecule has 1 atom stereocenters. The maximum absolute atomic E-state index is 12.8. The van der Waals surface area contributed by atoms with E-state index in [-0.39, 0.29) is 17.7 Å². The molecule has 1 fully saturated rings. The highest BCUT2D eigenvalue weighted by molar-refractivity contribution is 5.93. The highest BCUT2D eigenvalue weighted by Gasteiger charge is 2.26. The smallest absolute Gasteiger partial charge is 0.246 e. The van der Waals surface area contributed by atoms with E-state index < -0.39 is 0 Å². The summed E-state index contributed by atoms with van der Waals surface area (Å²) in [6, 6.07) is 16.5. The van der Waals surface area contributed by atoms with Crippen molar-refractivity contribution in [2.24, 2.45) is 11.7 Å².